The minimum atomic E-state index is 0.783. The van der Waals surface area contributed by atoms with Gasteiger partial charge in [0.2, 0.25) is 0 Å². The van der Waals surface area contributed by atoms with Gasteiger partial charge in [0, 0.05) is 18.0 Å². The summed E-state index contributed by atoms with van der Waals surface area (Å²) in [4.78, 5) is 3.89. The molecule has 0 N–H and O–H groups in total. The van der Waals surface area contributed by atoms with E-state index in [4.69, 9.17) is 4.74 Å². The molecule has 0 atom stereocenters. The van der Waals surface area contributed by atoms with Crippen molar-refractivity contribution in [3.8, 4) is 5.75 Å². The van der Waals surface area contributed by atoms with E-state index >= 15 is 0 Å². The zero-order valence-corrected chi connectivity index (χ0v) is 12.2. The van der Waals surface area contributed by atoms with Gasteiger partial charge in [-0.1, -0.05) is 31.2 Å². The topological polar surface area (TPSA) is 12.5 Å². The minimum absolute atomic E-state index is 0.783. The molecule has 0 saturated heterocycles. The van der Waals surface area contributed by atoms with Crippen molar-refractivity contribution in [2.24, 2.45) is 0 Å². The zero-order chi connectivity index (χ0) is 13.3. The fourth-order valence-corrected chi connectivity index (χ4v) is 2.71. The fraction of sp³-hybridized carbons (Fsp3) is 0.375. The zero-order valence-electron chi connectivity index (χ0n) is 11.4. The largest absolute Gasteiger partial charge is 0.494 e. The third-order valence-electron chi connectivity index (χ3n) is 3.04. The Morgan fingerprint density at radius 2 is 1.95 bits per heavy atom. The summed E-state index contributed by atoms with van der Waals surface area (Å²) < 4.78 is 5.71. The first kappa shape index (κ1) is 14.1. The lowest BCUT2D eigenvalue weighted by Gasteiger charge is -2.19. The van der Waals surface area contributed by atoms with Crippen LogP contribution >= 0.6 is 11.3 Å². The smallest absolute Gasteiger partial charge is 0.119 e. The van der Waals surface area contributed by atoms with Gasteiger partial charge in [0.1, 0.15) is 5.75 Å². The quantitative estimate of drug-likeness (QED) is 0.674. The van der Waals surface area contributed by atoms with Crippen molar-refractivity contribution >= 4 is 11.3 Å². The maximum Gasteiger partial charge on any atom is 0.119 e. The molecule has 1 heterocycles. The van der Waals surface area contributed by atoms with Crippen molar-refractivity contribution < 1.29 is 4.74 Å². The molecular weight excluding hydrogens is 254 g/mol. The molecule has 2 aromatic rings. The first-order valence-corrected chi connectivity index (χ1v) is 7.69. The molecule has 0 amide bonds. The van der Waals surface area contributed by atoms with Gasteiger partial charge in [0.25, 0.3) is 0 Å². The standard InChI is InChI=1S/C16H21NOS/c1-2-17(14-16-10-6-13-19-16)11-7-12-18-15-8-4-3-5-9-15/h3-6,8-10,13H,2,7,11-12,14H2,1H3. The normalized spacial score (nSPS) is 10.8. The van der Waals surface area contributed by atoms with Crippen LogP contribution in [0.15, 0.2) is 47.8 Å². The summed E-state index contributed by atoms with van der Waals surface area (Å²) in [7, 11) is 0. The average molecular weight is 275 g/mol. The highest BCUT2D eigenvalue weighted by atomic mass is 32.1. The van der Waals surface area contributed by atoms with Gasteiger partial charge in [0.05, 0.1) is 6.61 Å². The lowest BCUT2D eigenvalue weighted by molar-refractivity contribution is 0.237. The lowest BCUT2D eigenvalue weighted by Crippen LogP contribution is -2.24. The molecule has 0 saturated carbocycles. The average Bonchev–Trinajstić information content (AvgIpc) is 2.96. The highest BCUT2D eigenvalue weighted by Gasteiger charge is 2.04. The number of nitrogens with zero attached hydrogens (tertiary/aromatic N) is 1. The molecule has 0 fully saturated rings. The number of hydrogen-bond donors (Lipinski definition) is 0. The van der Waals surface area contributed by atoms with Crippen molar-refractivity contribution in [1.29, 1.82) is 0 Å². The molecule has 0 aliphatic heterocycles. The van der Waals surface area contributed by atoms with E-state index in [2.05, 4.69) is 29.3 Å². The number of para-hydroxylation sites is 1. The Hall–Kier alpha value is -1.32. The Morgan fingerprint density at radius 1 is 1.11 bits per heavy atom. The molecule has 0 aliphatic carbocycles. The van der Waals surface area contributed by atoms with Crippen LogP contribution in [-0.4, -0.2) is 24.6 Å². The van der Waals surface area contributed by atoms with Crippen molar-refractivity contribution in [3.63, 3.8) is 0 Å². The van der Waals surface area contributed by atoms with Crippen molar-refractivity contribution in [2.45, 2.75) is 19.9 Å². The maximum absolute atomic E-state index is 5.71. The van der Waals surface area contributed by atoms with Gasteiger partial charge < -0.3 is 4.74 Å². The van der Waals surface area contributed by atoms with Gasteiger partial charge >= 0.3 is 0 Å². The van der Waals surface area contributed by atoms with E-state index in [0.29, 0.717) is 0 Å². The summed E-state index contributed by atoms with van der Waals surface area (Å²) in [6.45, 7) is 6.22. The van der Waals surface area contributed by atoms with Gasteiger partial charge in [-0.2, -0.15) is 0 Å². The predicted octanol–water partition coefficient (Wildman–Crippen LogP) is 4.04. The van der Waals surface area contributed by atoms with Crippen LogP contribution in [0.4, 0.5) is 0 Å². The minimum Gasteiger partial charge on any atom is -0.494 e. The summed E-state index contributed by atoms with van der Waals surface area (Å²) in [5, 5.41) is 2.14. The molecule has 0 bridgehead atoms. The molecular formula is C16H21NOS. The molecule has 3 heteroatoms. The number of benzene rings is 1. The van der Waals surface area contributed by atoms with Crippen LogP contribution in [0.5, 0.6) is 5.75 Å². The Balaban J connectivity index is 1.66. The van der Waals surface area contributed by atoms with Gasteiger partial charge in [-0.25, -0.2) is 0 Å². The third-order valence-corrected chi connectivity index (χ3v) is 3.90. The van der Waals surface area contributed by atoms with Crippen LogP contribution in [-0.2, 0) is 6.54 Å². The number of thiophene rings is 1. The highest BCUT2D eigenvalue weighted by molar-refractivity contribution is 7.09. The van der Waals surface area contributed by atoms with Gasteiger partial charge in [-0.3, -0.25) is 4.90 Å². The molecule has 0 spiro atoms. The summed E-state index contributed by atoms with van der Waals surface area (Å²) >= 11 is 1.83. The van der Waals surface area contributed by atoms with Crippen LogP contribution in [0.1, 0.15) is 18.2 Å². The molecule has 19 heavy (non-hydrogen) atoms. The molecule has 2 nitrogen and oxygen atoms in total. The van der Waals surface area contributed by atoms with Gasteiger partial charge in [0.15, 0.2) is 0 Å². The molecule has 1 aromatic carbocycles. The summed E-state index contributed by atoms with van der Waals surface area (Å²) in [6, 6.07) is 14.3. The van der Waals surface area contributed by atoms with Crippen molar-refractivity contribution in [1.82, 2.24) is 4.90 Å². The van der Waals surface area contributed by atoms with Crippen molar-refractivity contribution in [3.05, 3.63) is 52.7 Å². The van der Waals surface area contributed by atoms with E-state index in [0.717, 1.165) is 38.4 Å². The van der Waals surface area contributed by atoms with E-state index < -0.39 is 0 Å². The van der Waals surface area contributed by atoms with Crippen molar-refractivity contribution in [2.75, 3.05) is 19.7 Å². The Kier molecular flexibility index (Phi) is 5.92. The van der Waals surface area contributed by atoms with E-state index in [-0.39, 0.29) is 0 Å². The summed E-state index contributed by atoms with van der Waals surface area (Å²) in [5.41, 5.74) is 0. The first-order chi connectivity index (χ1) is 9.38. The summed E-state index contributed by atoms with van der Waals surface area (Å²) in [5.74, 6) is 0.962. The monoisotopic (exact) mass is 275 g/mol. The molecule has 1 aromatic heterocycles. The molecule has 2 rings (SSSR count). The fourth-order valence-electron chi connectivity index (χ4n) is 1.97. The Labute approximate surface area is 119 Å². The van der Waals surface area contributed by atoms with E-state index in [1.54, 1.807) is 0 Å². The van der Waals surface area contributed by atoms with Gasteiger partial charge in [-0.05, 0) is 36.5 Å². The Morgan fingerprint density at radius 3 is 2.63 bits per heavy atom. The van der Waals surface area contributed by atoms with Gasteiger partial charge in [-0.15, -0.1) is 11.3 Å². The number of ether oxygens (including phenoxy) is 1. The van der Waals surface area contributed by atoms with Crippen LogP contribution in [0, 0.1) is 0 Å². The molecule has 0 radical (unpaired) electrons. The van der Waals surface area contributed by atoms with Crippen LogP contribution in [0.2, 0.25) is 0 Å². The molecule has 0 unspecified atom stereocenters. The van der Waals surface area contributed by atoms with Crippen LogP contribution < -0.4 is 4.74 Å². The van der Waals surface area contributed by atoms with E-state index in [1.807, 2.05) is 41.7 Å². The second-order valence-electron chi connectivity index (χ2n) is 4.46. The SMILES string of the molecule is CCN(CCCOc1ccccc1)Cc1cccs1. The second kappa shape index (κ2) is 7.97. The molecule has 102 valence electrons. The maximum atomic E-state index is 5.71. The third kappa shape index (κ3) is 5.05. The number of rotatable bonds is 8. The second-order valence-corrected chi connectivity index (χ2v) is 5.50. The van der Waals surface area contributed by atoms with E-state index in [9.17, 15) is 0 Å². The Bertz CT molecular complexity index is 441. The summed E-state index contributed by atoms with van der Waals surface area (Å²) in [6.07, 6.45) is 1.06. The highest BCUT2D eigenvalue weighted by Crippen LogP contribution is 2.12. The first-order valence-electron chi connectivity index (χ1n) is 6.81. The van der Waals surface area contributed by atoms with E-state index in [1.165, 1.54) is 4.88 Å². The lowest BCUT2D eigenvalue weighted by atomic mass is 10.3. The predicted molar refractivity (Wildman–Crippen MR) is 81.8 cm³/mol. The van der Waals surface area contributed by atoms with Crippen LogP contribution in [0.3, 0.4) is 0 Å². The molecule has 0 aliphatic rings. The van der Waals surface area contributed by atoms with Crippen LogP contribution in [0.25, 0.3) is 0 Å². The number of hydrogen-bond acceptors (Lipinski definition) is 3.